The first-order chi connectivity index (χ1) is 16.3. The van der Waals surface area contributed by atoms with Gasteiger partial charge in [0.25, 0.3) is 0 Å². The molecule has 34 heavy (non-hydrogen) atoms. The van der Waals surface area contributed by atoms with Gasteiger partial charge < -0.3 is 21.1 Å². The number of nitrogens with one attached hydrogen (secondary N) is 3. The first-order valence-electron chi connectivity index (χ1n) is 11.8. The van der Waals surface area contributed by atoms with Crippen molar-refractivity contribution in [3.05, 3.63) is 60.2 Å². The van der Waals surface area contributed by atoms with Crippen LogP contribution in [0.1, 0.15) is 38.3 Å². The number of aliphatic carboxylic acids is 1. The predicted octanol–water partition coefficient (Wildman–Crippen LogP) is 2.22. The molecule has 2 atom stereocenters. The zero-order valence-corrected chi connectivity index (χ0v) is 19.8. The van der Waals surface area contributed by atoms with Gasteiger partial charge in [-0.3, -0.25) is 14.5 Å². The number of carboxylic acid groups (broad SMARTS) is 1. The summed E-state index contributed by atoms with van der Waals surface area (Å²) in [5.74, 6) is -1.68. The number of nitrogens with zero attached hydrogens (tertiary/aromatic N) is 1. The lowest BCUT2D eigenvalue weighted by molar-refractivity contribution is -0.131. The van der Waals surface area contributed by atoms with Crippen LogP contribution in [0.15, 0.2) is 54.6 Å². The van der Waals surface area contributed by atoms with Crippen molar-refractivity contribution in [2.24, 2.45) is 0 Å². The molecule has 0 bridgehead atoms. The summed E-state index contributed by atoms with van der Waals surface area (Å²) in [6.07, 6.45) is 4.19. The molecule has 2 aromatic rings. The number of fused-ring (bicyclic) bond motifs is 1. The highest BCUT2D eigenvalue weighted by Gasteiger charge is 2.26. The molecule has 4 N–H and O–H groups in total. The quantitative estimate of drug-likeness (QED) is 0.400. The van der Waals surface area contributed by atoms with Crippen molar-refractivity contribution in [2.75, 3.05) is 26.2 Å². The smallest absolute Gasteiger partial charge is 0.328 e. The van der Waals surface area contributed by atoms with Gasteiger partial charge in [0.2, 0.25) is 11.8 Å². The number of hydrogen-bond donors (Lipinski definition) is 4. The van der Waals surface area contributed by atoms with Crippen LogP contribution < -0.4 is 16.0 Å². The van der Waals surface area contributed by atoms with E-state index in [0.717, 1.165) is 32.0 Å². The molecule has 1 aliphatic rings. The molecule has 1 saturated heterocycles. The van der Waals surface area contributed by atoms with Gasteiger partial charge in [0.15, 0.2) is 0 Å². The van der Waals surface area contributed by atoms with E-state index in [0.29, 0.717) is 6.04 Å². The van der Waals surface area contributed by atoms with E-state index in [9.17, 15) is 14.4 Å². The third-order valence-electron chi connectivity index (χ3n) is 6.33. The average Bonchev–Trinajstić information content (AvgIpc) is 2.84. The highest BCUT2D eigenvalue weighted by atomic mass is 16.4. The minimum Gasteiger partial charge on any atom is -0.478 e. The van der Waals surface area contributed by atoms with Crippen molar-refractivity contribution in [2.45, 2.75) is 44.8 Å². The van der Waals surface area contributed by atoms with Crippen molar-refractivity contribution < 1.29 is 19.5 Å². The topological polar surface area (TPSA) is 111 Å². The van der Waals surface area contributed by atoms with Crippen LogP contribution in [0.5, 0.6) is 0 Å². The fourth-order valence-electron chi connectivity index (χ4n) is 4.41. The molecule has 1 aliphatic heterocycles. The molecular weight excluding hydrogens is 432 g/mol. The van der Waals surface area contributed by atoms with Crippen LogP contribution in [0, 0.1) is 0 Å². The number of amides is 2. The van der Waals surface area contributed by atoms with Crippen molar-refractivity contribution in [3.8, 4) is 0 Å². The largest absolute Gasteiger partial charge is 0.478 e. The summed E-state index contributed by atoms with van der Waals surface area (Å²) in [7, 11) is 0. The highest BCUT2D eigenvalue weighted by Crippen LogP contribution is 2.30. The maximum Gasteiger partial charge on any atom is 0.328 e. The number of rotatable bonds is 10. The average molecular weight is 467 g/mol. The SMILES string of the molecule is C[C@H](c1cccc2ccccc12)N1CCC(N[C@H](C)C(=O)NCC(=O)NC/C=C/C(=O)O)CC1. The lowest BCUT2D eigenvalue weighted by atomic mass is 9.96. The summed E-state index contributed by atoms with van der Waals surface area (Å²) in [4.78, 5) is 37.0. The fraction of sp³-hybridized carbons (Fsp3) is 0.423. The Morgan fingerprint density at radius 2 is 1.76 bits per heavy atom. The molecular formula is C26H34N4O4. The van der Waals surface area contributed by atoms with Crippen LogP contribution in [0.3, 0.4) is 0 Å². The molecule has 1 fully saturated rings. The van der Waals surface area contributed by atoms with Gasteiger partial charge in [0, 0.05) is 37.8 Å². The van der Waals surface area contributed by atoms with Crippen LogP contribution >= 0.6 is 0 Å². The summed E-state index contributed by atoms with van der Waals surface area (Å²) in [5.41, 5.74) is 1.34. The number of likely N-dealkylation sites (tertiary alicyclic amines) is 1. The lowest BCUT2D eigenvalue weighted by Gasteiger charge is -2.37. The maximum atomic E-state index is 12.4. The number of carbonyl (C=O) groups excluding carboxylic acids is 2. The molecule has 0 radical (unpaired) electrons. The molecule has 1 heterocycles. The van der Waals surface area contributed by atoms with Gasteiger partial charge in [-0.05, 0) is 43.0 Å². The summed E-state index contributed by atoms with van der Waals surface area (Å²) >= 11 is 0. The predicted molar refractivity (Wildman–Crippen MR) is 132 cm³/mol. The Hall–Kier alpha value is -3.23. The van der Waals surface area contributed by atoms with Gasteiger partial charge in [0.05, 0.1) is 12.6 Å². The van der Waals surface area contributed by atoms with Crippen molar-refractivity contribution in [3.63, 3.8) is 0 Å². The van der Waals surface area contributed by atoms with Gasteiger partial charge in [-0.1, -0.05) is 48.5 Å². The Bertz CT molecular complexity index is 1030. The first-order valence-corrected chi connectivity index (χ1v) is 11.8. The van der Waals surface area contributed by atoms with Crippen molar-refractivity contribution in [1.29, 1.82) is 0 Å². The van der Waals surface area contributed by atoms with Gasteiger partial charge >= 0.3 is 5.97 Å². The second-order valence-corrected chi connectivity index (χ2v) is 8.71. The molecule has 0 aliphatic carbocycles. The molecule has 182 valence electrons. The molecule has 3 rings (SSSR count). The zero-order chi connectivity index (χ0) is 24.5. The maximum absolute atomic E-state index is 12.4. The summed E-state index contributed by atoms with van der Waals surface area (Å²) in [6, 6.07) is 15.1. The van der Waals surface area contributed by atoms with Gasteiger partial charge in [-0.2, -0.15) is 0 Å². The second kappa shape index (κ2) is 12.3. The Labute approximate surface area is 200 Å². The van der Waals surface area contributed by atoms with E-state index in [1.165, 1.54) is 22.4 Å². The van der Waals surface area contributed by atoms with E-state index >= 15 is 0 Å². The molecule has 0 spiro atoms. The van der Waals surface area contributed by atoms with Crippen LogP contribution in [0.2, 0.25) is 0 Å². The van der Waals surface area contributed by atoms with E-state index < -0.39 is 12.0 Å². The summed E-state index contributed by atoms with van der Waals surface area (Å²) < 4.78 is 0. The molecule has 8 heteroatoms. The number of carboxylic acids is 1. The van der Waals surface area contributed by atoms with E-state index in [2.05, 4.69) is 70.2 Å². The summed E-state index contributed by atoms with van der Waals surface area (Å²) in [6.45, 7) is 5.91. The van der Waals surface area contributed by atoms with Gasteiger partial charge in [0.1, 0.15) is 0 Å². The molecule has 2 amide bonds. The minimum absolute atomic E-state index is 0.102. The summed E-state index contributed by atoms with van der Waals surface area (Å²) in [5, 5.41) is 19.6. The Kier molecular flexibility index (Phi) is 9.18. The van der Waals surface area contributed by atoms with Crippen LogP contribution in [0.25, 0.3) is 10.8 Å². The Morgan fingerprint density at radius 1 is 1.06 bits per heavy atom. The third kappa shape index (κ3) is 7.13. The monoisotopic (exact) mass is 466 g/mol. The van der Waals surface area contributed by atoms with Gasteiger partial charge in [-0.15, -0.1) is 0 Å². The second-order valence-electron chi connectivity index (χ2n) is 8.71. The van der Waals surface area contributed by atoms with E-state index in [4.69, 9.17) is 5.11 Å². The number of piperidine rings is 1. The normalized spacial score (nSPS) is 16.9. The van der Waals surface area contributed by atoms with Gasteiger partial charge in [-0.25, -0.2) is 4.79 Å². The highest BCUT2D eigenvalue weighted by molar-refractivity contribution is 5.87. The van der Waals surface area contributed by atoms with Crippen molar-refractivity contribution in [1.82, 2.24) is 20.9 Å². The molecule has 0 aromatic heterocycles. The van der Waals surface area contributed by atoms with E-state index in [1.807, 2.05) is 0 Å². The lowest BCUT2D eigenvalue weighted by Crippen LogP contribution is -2.51. The molecule has 8 nitrogen and oxygen atoms in total. The van der Waals surface area contributed by atoms with Crippen molar-refractivity contribution >= 4 is 28.6 Å². The molecule has 0 saturated carbocycles. The number of benzene rings is 2. The number of carbonyl (C=O) groups is 3. The number of hydrogen-bond acceptors (Lipinski definition) is 5. The van der Waals surface area contributed by atoms with Crippen LogP contribution in [-0.4, -0.2) is 66.1 Å². The zero-order valence-electron chi connectivity index (χ0n) is 19.8. The van der Waals surface area contributed by atoms with Crippen LogP contribution in [0.4, 0.5) is 0 Å². The van der Waals surface area contributed by atoms with Crippen LogP contribution in [-0.2, 0) is 14.4 Å². The van der Waals surface area contributed by atoms with E-state index in [1.54, 1.807) is 6.92 Å². The Morgan fingerprint density at radius 3 is 2.50 bits per heavy atom. The van der Waals surface area contributed by atoms with E-state index in [-0.39, 0.29) is 30.9 Å². The third-order valence-corrected chi connectivity index (χ3v) is 6.33. The standard InChI is InChI=1S/C26H34N4O4/c1-18(26(34)28-17-24(31)27-14-6-11-25(32)33)29-21-12-15-30(16-13-21)19(2)22-10-5-8-20-7-3-4-9-23(20)22/h3-11,18-19,21,29H,12-17H2,1-2H3,(H,27,31)(H,28,34)(H,32,33)/b11-6+/t18-,19-/m1/s1. The molecule has 2 aromatic carbocycles. The first kappa shape index (κ1) is 25.4. The molecule has 0 unspecified atom stereocenters. The Balaban J connectivity index is 1.41. The fourth-order valence-corrected chi connectivity index (χ4v) is 4.41. The minimum atomic E-state index is -1.07.